The van der Waals surface area contributed by atoms with E-state index in [1.807, 2.05) is 12.1 Å². The first-order valence-electron chi connectivity index (χ1n) is 4.90. The summed E-state index contributed by atoms with van der Waals surface area (Å²) < 4.78 is 0.819. The molecule has 0 bridgehead atoms. The van der Waals surface area contributed by atoms with Crippen molar-refractivity contribution in [2.24, 2.45) is 0 Å². The zero-order valence-electron chi connectivity index (χ0n) is 9.21. The third-order valence-electron chi connectivity index (χ3n) is 2.01. The fourth-order valence-electron chi connectivity index (χ4n) is 1.22. The first kappa shape index (κ1) is 13.3. The van der Waals surface area contributed by atoms with Crippen molar-refractivity contribution in [3.05, 3.63) is 33.0 Å². The molecular weight excluding hydrogens is 341 g/mol. The van der Waals surface area contributed by atoms with Crippen molar-refractivity contribution in [3.63, 3.8) is 0 Å². The molecule has 0 fully saturated rings. The van der Waals surface area contributed by atoms with Crippen molar-refractivity contribution in [3.8, 4) is 0 Å². The third kappa shape index (κ3) is 3.22. The van der Waals surface area contributed by atoms with Gasteiger partial charge in [-0.15, -0.1) is 0 Å². The van der Waals surface area contributed by atoms with Crippen molar-refractivity contribution < 1.29 is 0 Å². The van der Waals surface area contributed by atoms with Crippen LogP contribution in [0.5, 0.6) is 0 Å². The van der Waals surface area contributed by atoms with E-state index in [0.717, 1.165) is 10.2 Å². The van der Waals surface area contributed by atoms with Gasteiger partial charge in [-0.2, -0.15) is 15.0 Å². The quantitative estimate of drug-likeness (QED) is 0.884. The summed E-state index contributed by atoms with van der Waals surface area (Å²) in [4.78, 5) is 12.0. The highest BCUT2D eigenvalue weighted by Crippen LogP contribution is 2.26. The second kappa shape index (κ2) is 5.69. The maximum atomic E-state index is 5.99. The monoisotopic (exact) mass is 347 g/mol. The molecule has 0 saturated heterocycles. The predicted molar refractivity (Wildman–Crippen MR) is 76.8 cm³/mol. The summed E-state index contributed by atoms with van der Waals surface area (Å²) in [6.07, 6.45) is 0. The summed E-state index contributed by atoms with van der Waals surface area (Å²) in [6.45, 7) is 0. The Morgan fingerprint density at radius 2 is 1.83 bits per heavy atom. The summed E-state index contributed by atoms with van der Waals surface area (Å²) in [7, 11) is 1.70. The van der Waals surface area contributed by atoms with Crippen LogP contribution < -0.4 is 10.6 Å². The SMILES string of the molecule is CNc1nc(Cl)nc(Nc2ccc(Br)c(Cl)c2)n1. The molecule has 0 spiro atoms. The maximum Gasteiger partial charge on any atom is 0.233 e. The van der Waals surface area contributed by atoms with Gasteiger partial charge in [0.15, 0.2) is 0 Å². The topological polar surface area (TPSA) is 62.7 Å². The number of aromatic nitrogens is 3. The molecule has 0 aliphatic rings. The lowest BCUT2D eigenvalue weighted by molar-refractivity contribution is 1.05. The number of benzene rings is 1. The minimum atomic E-state index is 0.111. The van der Waals surface area contributed by atoms with Crippen LogP contribution in [0.3, 0.4) is 0 Å². The number of rotatable bonds is 3. The molecule has 8 heteroatoms. The summed E-state index contributed by atoms with van der Waals surface area (Å²) in [5.41, 5.74) is 0.757. The second-order valence-electron chi connectivity index (χ2n) is 3.26. The average molecular weight is 349 g/mol. The Hall–Kier alpha value is -1.11. The smallest absolute Gasteiger partial charge is 0.233 e. The van der Waals surface area contributed by atoms with Crippen LogP contribution in [0.25, 0.3) is 0 Å². The highest BCUT2D eigenvalue weighted by Gasteiger charge is 2.05. The van der Waals surface area contributed by atoms with Crippen molar-refractivity contribution in [1.29, 1.82) is 0 Å². The Bertz CT molecular complexity index is 578. The van der Waals surface area contributed by atoms with Gasteiger partial charge in [-0.1, -0.05) is 11.6 Å². The van der Waals surface area contributed by atoms with Crippen LogP contribution in [0.2, 0.25) is 10.3 Å². The lowest BCUT2D eigenvalue weighted by atomic mass is 10.3. The maximum absolute atomic E-state index is 5.99. The minimum Gasteiger partial charge on any atom is -0.357 e. The van der Waals surface area contributed by atoms with Crippen LogP contribution in [-0.2, 0) is 0 Å². The van der Waals surface area contributed by atoms with Gasteiger partial charge >= 0.3 is 0 Å². The molecule has 2 rings (SSSR count). The molecule has 0 atom stereocenters. The predicted octanol–water partition coefficient (Wildman–Crippen LogP) is 3.73. The van der Waals surface area contributed by atoms with Crippen LogP contribution in [0.1, 0.15) is 0 Å². The molecule has 0 radical (unpaired) electrons. The first-order valence-corrected chi connectivity index (χ1v) is 6.45. The van der Waals surface area contributed by atoms with Crippen LogP contribution in [0, 0.1) is 0 Å². The molecule has 1 aromatic heterocycles. The third-order valence-corrected chi connectivity index (χ3v) is 3.41. The Labute approximate surface area is 122 Å². The highest BCUT2D eigenvalue weighted by atomic mass is 79.9. The number of nitrogens with zero attached hydrogens (tertiary/aromatic N) is 3. The lowest BCUT2D eigenvalue weighted by Crippen LogP contribution is -2.03. The zero-order chi connectivity index (χ0) is 13.1. The molecular formula is C10H8BrCl2N5. The van der Waals surface area contributed by atoms with Gasteiger partial charge in [0.2, 0.25) is 17.2 Å². The van der Waals surface area contributed by atoms with E-state index in [1.54, 1.807) is 13.1 Å². The molecule has 2 N–H and O–H groups in total. The van der Waals surface area contributed by atoms with E-state index in [4.69, 9.17) is 23.2 Å². The Kier molecular flexibility index (Phi) is 4.21. The standard InChI is InChI=1S/C10H8BrCl2N5/c1-14-9-16-8(13)17-10(18-9)15-5-2-3-6(11)7(12)4-5/h2-4H,1H3,(H2,14,15,16,17,18). The number of hydrogen-bond donors (Lipinski definition) is 2. The fraction of sp³-hybridized carbons (Fsp3) is 0.100. The van der Waals surface area contributed by atoms with Gasteiger partial charge in [0.1, 0.15) is 0 Å². The Morgan fingerprint density at radius 3 is 2.50 bits per heavy atom. The molecule has 18 heavy (non-hydrogen) atoms. The summed E-state index contributed by atoms with van der Waals surface area (Å²) in [5, 5.41) is 6.49. The largest absolute Gasteiger partial charge is 0.357 e. The molecule has 0 unspecified atom stereocenters. The molecule has 0 aliphatic carbocycles. The van der Waals surface area contributed by atoms with Gasteiger partial charge in [0, 0.05) is 17.2 Å². The Morgan fingerprint density at radius 1 is 1.11 bits per heavy atom. The van der Waals surface area contributed by atoms with Crippen molar-refractivity contribution in [2.75, 3.05) is 17.7 Å². The van der Waals surface area contributed by atoms with Crippen LogP contribution >= 0.6 is 39.1 Å². The Balaban J connectivity index is 2.27. The zero-order valence-corrected chi connectivity index (χ0v) is 12.3. The van der Waals surface area contributed by atoms with E-state index >= 15 is 0 Å². The van der Waals surface area contributed by atoms with Gasteiger partial charge in [0.25, 0.3) is 0 Å². The van der Waals surface area contributed by atoms with Crippen LogP contribution in [-0.4, -0.2) is 22.0 Å². The first-order chi connectivity index (χ1) is 8.58. The van der Waals surface area contributed by atoms with Gasteiger partial charge in [-0.05, 0) is 45.7 Å². The van der Waals surface area contributed by atoms with Gasteiger partial charge < -0.3 is 10.6 Å². The second-order valence-corrected chi connectivity index (χ2v) is 4.86. The van der Waals surface area contributed by atoms with Crippen molar-refractivity contribution in [1.82, 2.24) is 15.0 Å². The molecule has 5 nitrogen and oxygen atoms in total. The van der Waals surface area contributed by atoms with E-state index in [-0.39, 0.29) is 5.28 Å². The molecule has 1 heterocycles. The number of halogens is 3. The van der Waals surface area contributed by atoms with Gasteiger partial charge in [-0.25, -0.2) is 0 Å². The highest BCUT2D eigenvalue weighted by molar-refractivity contribution is 9.10. The average Bonchev–Trinajstić information content (AvgIpc) is 2.33. The summed E-state index contributed by atoms with van der Waals surface area (Å²) >= 11 is 15.1. The van der Waals surface area contributed by atoms with E-state index in [2.05, 4.69) is 41.5 Å². The molecule has 0 amide bonds. The van der Waals surface area contributed by atoms with Crippen LogP contribution in [0.4, 0.5) is 17.6 Å². The lowest BCUT2D eigenvalue weighted by Gasteiger charge is -2.07. The number of nitrogens with one attached hydrogen (secondary N) is 2. The summed E-state index contributed by atoms with van der Waals surface area (Å²) in [6, 6.07) is 5.42. The number of anilines is 3. The van der Waals surface area contributed by atoms with Gasteiger partial charge in [-0.3, -0.25) is 0 Å². The molecule has 94 valence electrons. The molecule has 2 aromatic rings. The van der Waals surface area contributed by atoms with Gasteiger partial charge in [0.05, 0.1) is 5.02 Å². The van der Waals surface area contributed by atoms with E-state index in [9.17, 15) is 0 Å². The molecule has 0 aliphatic heterocycles. The van der Waals surface area contributed by atoms with Crippen molar-refractivity contribution >= 4 is 56.7 Å². The van der Waals surface area contributed by atoms with Crippen LogP contribution in [0.15, 0.2) is 22.7 Å². The summed E-state index contributed by atoms with van der Waals surface area (Å²) in [5.74, 6) is 0.735. The molecule has 1 aromatic carbocycles. The normalized spacial score (nSPS) is 10.2. The van der Waals surface area contributed by atoms with Crippen molar-refractivity contribution in [2.45, 2.75) is 0 Å². The van der Waals surface area contributed by atoms with E-state index < -0.39 is 0 Å². The molecule has 0 saturated carbocycles. The number of hydrogen-bond acceptors (Lipinski definition) is 5. The van der Waals surface area contributed by atoms with E-state index in [0.29, 0.717) is 16.9 Å². The van der Waals surface area contributed by atoms with E-state index in [1.165, 1.54) is 0 Å². The minimum absolute atomic E-state index is 0.111. The fourth-order valence-corrected chi connectivity index (χ4v) is 1.81.